The highest BCUT2D eigenvalue weighted by Crippen LogP contribution is 2.12. The second kappa shape index (κ2) is 8.46. The fraction of sp³-hybridized carbons (Fsp3) is 0.421. The van der Waals surface area contributed by atoms with Crippen molar-refractivity contribution in [2.45, 2.75) is 33.6 Å². The minimum absolute atomic E-state index is 0.0439. The molecule has 2 aromatic rings. The number of amides is 2. The molecular formula is C19H26N4O2. The molecule has 2 rings (SSSR count). The lowest BCUT2D eigenvalue weighted by Crippen LogP contribution is -2.37. The summed E-state index contributed by atoms with van der Waals surface area (Å²) in [5.41, 5.74) is 1.73. The average molecular weight is 342 g/mol. The van der Waals surface area contributed by atoms with Gasteiger partial charge in [0.1, 0.15) is 0 Å². The number of hydrogen-bond donors (Lipinski definition) is 2. The number of benzene rings is 1. The molecule has 0 fully saturated rings. The molecule has 6 nitrogen and oxygen atoms in total. The maximum Gasteiger partial charge on any atom is 0.225 e. The second-order valence-electron chi connectivity index (χ2n) is 6.97. The molecule has 6 heteroatoms. The van der Waals surface area contributed by atoms with E-state index in [0.717, 1.165) is 17.7 Å². The Morgan fingerprint density at radius 3 is 2.40 bits per heavy atom. The fourth-order valence-electron chi connectivity index (χ4n) is 2.23. The molecule has 134 valence electrons. The number of nitrogens with one attached hydrogen (secondary N) is 2. The van der Waals surface area contributed by atoms with Gasteiger partial charge in [0.05, 0.1) is 5.69 Å². The van der Waals surface area contributed by atoms with Crippen LogP contribution in [0.25, 0.3) is 5.69 Å². The largest absolute Gasteiger partial charge is 0.356 e. The quantitative estimate of drug-likeness (QED) is 0.809. The van der Waals surface area contributed by atoms with Crippen molar-refractivity contribution in [1.82, 2.24) is 20.4 Å². The van der Waals surface area contributed by atoms with Gasteiger partial charge in [-0.1, -0.05) is 32.9 Å². The predicted octanol–water partition coefficient (Wildman–Crippen LogP) is 2.08. The van der Waals surface area contributed by atoms with Gasteiger partial charge in [-0.3, -0.25) is 9.59 Å². The number of nitrogens with zero attached hydrogens (tertiary/aromatic N) is 2. The number of aromatic nitrogens is 2. The first-order valence-electron chi connectivity index (χ1n) is 8.50. The van der Waals surface area contributed by atoms with E-state index in [1.165, 1.54) is 0 Å². The van der Waals surface area contributed by atoms with Crippen LogP contribution in [0.5, 0.6) is 0 Å². The number of carbonyl (C=O) groups is 2. The van der Waals surface area contributed by atoms with E-state index in [1.807, 2.05) is 57.3 Å². The molecule has 0 bridgehead atoms. The van der Waals surface area contributed by atoms with Crippen molar-refractivity contribution in [3.63, 3.8) is 0 Å². The van der Waals surface area contributed by atoms with Crippen LogP contribution in [-0.4, -0.2) is 34.7 Å². The topological polar surface area (TPSA) is 76.0 Å². The monoisotopic (exact) mass is 342 g/mol. The zero-order valence-corrected chi connectivity index (χ0v) is 15.1. The van der Waals surface area contributed by atoms with E-state index in [-0.39, 0.29) is 11.8 Å². The second-order valence-corrected chi connectivity index (χ2v) is 6.97. The van der Waals surface area contributed by atoms with Crippen molar-refractivity contribution in [3.05, 3.63) is 48.3 Å². The first-order chi connectivity index (χ1) is 11.9. The molecule has 1 aromatic heterocycles. The van der Waals surface area contributed by atoms with Gasteiger partial charge in [0.15, 0.2) is 0 Å². The molecule has 0 saturated heterocycles. The first-order valence-corrected chi connectivity index (χ1v) is 8.50. The molecule has 25 heavy (non-hydrogen) atoms. The van der Waals surface area contributed by atoms with Crippen molar-refractivity contribution < 1.29 is 9.59 Å². The summed E-state index contributed by atoms with van der Waals surface area (Å²) in [4.78, 5) is 23.5. The maximum absolute atomic E-state index is 11.8. The van der Waals surface area contributed by atoms with Crippen molar-refractivity contribution in [2.75, 3.05) is 13.1 Å². The van der Waals surface area contributed by atoms with Crippen molar-refractivity contribution in [1.29, 1.82) is 0 Å². The lowest BCUT2D eigenvalue weighted by atomic mass is 9.96. The fourth-order valence-corrected chi connectivity index (χ4v) is 2.23. The smallest absolute Gasteiger partial charge is 0.225 e. The summed E-state index contributed by atoms with van der Waals surface area (Å²) in [5.74, 6) is -0.0973. The first kappa shape index (κ1) is 18.7. The van der Waals surface area contributed by atoms with Crippen LogP contribution in [0.2, 0.25) is 0 Å². The van der Waals surface area contributed by atoms with Gasteiger partial charge in [-0.15, -0.1) is 0 Å². The van der Waals surface area contributed by atoms with E-state index in [1.54, 1.807) is 10.9 Å². The Kier molecular flexibility index (Phi) is 6.33. The van der Waals surface area contributed by atoms with Crippen LogP contribution >= 0.6 is 0 Å². The van der Waals surface area contributed by atoms with Crippen LogP contribution in [-0.2, 0) is 16.0 Å². The van der Waals surface area contributed by atoms with Crippen LogP contribution in [0, 0.1) is 5.41 Å². The summed E-state index contributed by atoms with van der Waals surface area (Å²) >= 11 is 0. The van der Waals surface area contributed by atoms with E-state index >= 15 is 0 Å². The molecule has 2 amide bonds. The molecule has 1 aromatic carbocycles. The Morgan fingerprint density at radius 2 is 1.80 bits per heavy atom. The van der Waals surface area contributed by atoms with E-state index in [4.69, 9.17) is 0 Å². The molecule has 1 heterocycles. The number of carbonyl (C=O) groups excluding carboxylic acids is 2. The Hall–Kier alpha value is -2.63. The third-order valence-corrected chi connectivity index (χ3v) is 3.76. The van der Waals surface area contributed by atoms with Gasteiger partial charge in [0.25, 0.3) is 0 Å². The summed E-state index contributed by atoms with van der Waals surface area (Å²) in [6.07, 6.45) is 4.70. The minimum atomic E-state index is -0.432. The number of rotatable bonds is 7. The van der Waals surface area contributed by atoms with Crippen LogP contribution in [0.4, 0.5) is 0 Å². The molecule has 0 spiro atoms. The van der Waals surface area contributed by atoms with Gasteiger partial charge in [-0.2, -0.15) is 5.10 Å². The third-order valence-electron chi connectivity index (χ3n) is 3.76. The van der Waals surface area contributed by atoms with E-state index in [2.05, 4.69) is 15.7 Å². The van der Waals surface area contributed by atoms with E-state index < -0.39 is 5.41 Å². The van der Waals surface area contributed by atoms with Crippen molar-refractivity contribution in [2.24, 2.45) is 5.41 Å². The average Bonchev–Trinajstić information content (AvgIpc) is 3.09. The molecule has 0 radical (unpaired) electrons. The van der Waals surface area contributed by atoms with Gasteiger partial charge in [0, 0.05) is 37.3 Å². The van der Waals surface area contributed by atoms with Gasteiger partial charge < -0.3 is 10.6 Å². The predicted molar refractivity (Wildman–Crippen MR) is 97.4 cm³/mol. The molecule has 0 saturated carbocycles. The minimum Gasteiger partial charge on any atom is -0.356 e. The molecule has 2 N–H and O–H groups in total. The van der Waals surface area contributed by atoms with Crippen LogP contribution in [0.3, 0.4) is 0 Å². The van der Waals surface area contributed by atoms with E-state index in [0.29, 0.717) is 19.5 Å². The van der Waals surface area contributed by atoms with Crippen LogP contribution in [0.1, 0.15) is 32.8 Å². The SMILES string of the molecule is CC(C)(C)C(=O)NCCC(=O)NCCc1ccc(-n2cccn2)cc1. The maximum atomic E-state index is 11.8. The lowest BCUT2D eigenvalue weighted by Gasteiger charge is -2.17. The molecular weight excluding hydrogens is 316 g/mol. The number of hydrogen-bond acceptors (Lipinski definition) is 3. The summed E-state index contributed by atoms with van der Waals surface area (Å²) in [6, 6.07) is 9.96. The summed E-state index contributed by atoms with van der Waals surface area (Å²) in [7, 11) is 0. The van der Waals surface area contributed by atoms with Crippen molar-refractivity contribution in [3.8, 4) is 5.69 Å². The third kappa shape index (κ3) is 6.06. The summed E-state index contributed by atoms with van der Waals surface area (Å²) in [5, 5.41) is 9.84. The van der Waals surface area contributed by atoms with E-state index in [9.17, 15) is 9.59 Å². The zero-order chi connectivity index (χ0) is 18.3. The Morgan fingerprint density at radius 1 is 1.08 bits per heavy atom. The van der Waals surface area contributed by atoms with Crippen LogP contribution in [0.15, 0.2) is 42.7 Å². The van der Waals surface area contributed by atoms with Gasteiger partial charge >= 0.3 is 0 Å². The molecule has 0 unspecified atom stereocenters. The molecule has 0 aliphatic carbocycles. The zero-order valence-electron chi connectivity index (χ0n) is 15.1. The Balaban J connectivity index is 1.66. The Bertz CT molecular complexity index is 685. The molecule has 0 aliphatic heterocycles. The normalized spacial score (nSPS) is 11.2. The molecule has 0 aliphatic rings. The van der Waals surface area contributed by atoms with Gasteiger partial charge in [-0.25, -0.2) is 4.68 Å². The summed E-state index contributed by atoms with van der Waals surface area (Å²) in [6.45, 7) is 6.48. The molecule has 0 atom stereocenters. The van der Waals surface area contributed by atoms with Crippen LogP contribution < -0.4 is 10.6 Å². The Labute approximate surface area is 148 Å². The van der Waals surface area contributed by atoms with Gasteiger partial charge in [-0.05, 0) is 30.2 Å². The standard InChI is InChI=1S/C19H26N4O2/c1-19(2,3)18(25)21-13-10-17(24)20-12-9-15-5-7-16(8-6-15)23-14-4-11-22-23/h4-8,11,14H,9-10,12-13H2,1-3H3,(H,20,24)(H,21,25). The van der Waals surface area contributed by atoms with Crippen molar-refractivity contribution >= 4 is 11.8 Å². The van der Waals surface area contributed by atoms with Gasteiger partial charge in [0.2, 0.25) is 11.8 Å². The lowest BCUT2D eigenvalue weighted by molar-refractivity contribution is -0.128. The summed E-state index contributed by atoms with van der Waals surface area (Å²) < 4.78 is 1.80. The highest BCUT2D eigenvalue weighted by molar-refractivity contribution is 5.82. The highest BCUT2D eigenvalue weighted by atomic mass is 16.2. The highest BCUT2D eigenvalue weighted by Gasteiger charge is 2.20.